The lowest BCUT2D eigenvalue weighted by Crippen LogP contribution is -2.39. The molecule has 3 unspecified atom stereocenters. The van der Waals surface area contributed by atoms with E-state index in [-0.39, 0.29) is 6.04 Å². The van der Waals surface area contributed by atoms with Crippen molar-refractivity contribution in [2.75, 3.05) is 16.3 Å². The molecule has 2 aromatic rings. The number of hydrogen-bond acceptors (Lipinski definition) is 5. The highest BCUT2D eigenvalue weighted by molar-refractivity contribution is 6.09. The average Bonchev–Trinajstić information content (AvgIpc) is 3.01. The van der Waals surface area contributed by atoms with Crippen molar-refractivity contribution in [2.45, 2.75) is 52.9 Å². The van der Waals surface area contributed by atoms with E-state index in [1.165, 1.54) is 33.6 Å². The van der Waals surface area contributed by atoms with Crippen molar-refractivity contribution in [1.29, 1.82) is 5.41 Å². The fourth-order valence-electron chi connectivity index (χ4n) is 3.98. The Balaban J connectivity index is 0.000000328. The number of aliphatic carboxylic acids is 2. The molecule has 0 spiro atoms. The average molecular weight is 458 g/mol. The van der Waals surface area contributed by atoms with E-state index >= 15 is 0 Å². The van der Waals surface area contributed by atoms with Crippen LogP contribution in [0.4, 0.5) is 11.4 Å². The second-order valence-electron chi connectivity index (χ2n) is 8.20. The number of hydrogen-bond donors (Lipinski definition) is 5. The van der Waals surface area contributed by atoms with Gasteiger partial charge in [0.2, 0.25) is 5.96 Å². The van der Waals surface area contributed by atoms with Crippen molar-refractivity contribution in [3.63, 3.8) is 0 Å². The predicted molar refractivity (Wildman–Crippen MR) is 126 cm³/mol. The second kappa shape index (κ2) is 10.5. The first-order valence-corrected chi connectivity index (χ1v) is 10.5. The van der Waals surface area contributed by atoms with Crippen molar-refractivity contribution in [3.8, 4) is 0 Å². The van der Waals surface area contributed by atoms with Gasteiger partial charge in [-0.2, -0.15) is 0 Å². The first-order chi connectivity index (χ1) is 15.4. The number of aliphatic hydroxyl groups is 2. The van der Waals surface area contributed by atoms with Gasteiger partial charge in [-0.25, -0.2) is 9.59 Å². The van der Waals surface area contributed by atoms with E-state index in [1.54, 1.807) is 0 Å². The van der Waals surface area contributed by atoms with Crippen LogP contribution in [0.1, 0.15) is 29.2 Å². The maximum atomic E-state index is 9.77. The Morgan fingerprint density at radius 1 is 0.848 bits per heavy atom. The van der Waals surface area contributed by atoms with Crippen LogP contribution in [-0.4, -0.2) is 63.1 Å². The maximum absolute atomic E-state index is 9.77. The molecule has 0 bridgehead atoms. The highest BCUT2D eigenvalue weighted by atomic mass is 16.4. The van der Waals surface area contributed by atoms with Gasteiger partial charge in [0, 0.05) is 17.9 Å². The first-order valence-electron chi connectivity index (χ1n) is 10.5. The highest BCUT2D eigenvalue weighted by Crippen LogP contribution is 2.35. The molecule has 0 aromatic heterocycles. The fraction of sp³-hybridized carbons (Fsp3) is 0.375. The van der Waals surface area contributed by atoms with Gasteiger partial charge < -0.3 is 30.2 Å². The van der Waals surface area contributed by atoms with E-state index in [0.29, 0.717) is 5.96 Å². The predicted octanol–water partition coefficient (Wildman–Crippen LogP) is 2.45. The normalized spacial score (nSPS) is 17.3. The zero-order valence-electron chi connectivity index (χ0n) is 19.4. The molecule has 9 nitrogen and oxygen atoms in total. The zero-order valence-corrected chi connectivity index (χ0v) is 19.4. The van der Waals surface area contributed by atoms with Gasteiger partial charge in [0.05, 0.1) is 6.04 Å². The number of anilines is 2. The van der Waals surface area contributed by atoms with Crippen molar-refractivity contribution in [2.24, 2.45) is 0 Å². The standard InChI is InChI=1S/C20H25N3.C4H6O6/c1-13-8-6-9-14(2)18(13)22-12-17(5)23(20(22)21)19-15(3)10-7-11-16(19)4;5-1(3(7)8)2(6)4(9)10/h6-11,17,21H,12H2,1-5H3;1-2,5-6H,(H,7,8)(H,9,10). The van der Waals surface area contributed by atoms with Crippen LogP contribution in [0.5, 0.6) is 0 Å². The topological polar surface area (TPSA) is 145 Å². The number of nitrogens with zero attached hydrogens (tertiary/aromatic N) is 2. The fourth-order valence-corrected chi connectivity index (χ4v) is 3.98. The molecule has 3 atom stereocenters. The monoisotopic (exact) mass is 457 g/mol. The van der Waals surface area contributed by atoms with E-state index in [0.717, 1.165) is 6.54 Å². The number of carboxylic acids is 2. The smallest absolute Gasteiger partial charge is 0.335 e. The number of rotatable bonds is 5. The summed E-state index contributed by atoms with van der Waals surface area (Å²) in [5.41, 5.74) is 7.27. The maximum Gasteiger partial charge on any atom is 0.335 e. The van der Waals surface area contributed by atoms with Crippen molar-refractivity contribution < 1.29 is 30.0 Å². The number of carbonyl (C=O) groups is 2. The number of aliphatic hydroxyl groups excluding tert-OH is 2. The summed E-state index contributed by atoms with van der Waals surface area (Å²) in [6.07, 6.45) is -4.53. The number of aryl methyl sites for hydroxylation is 4. The molecule has 0 aliphatic carbocycles. The minimum absolute atomic E-state index is 0.279. The Hall–Kier alpha value is -3.43. The van der Waals surface area contributed by atoms with Crippen molar-refractivity contribution in [3.05, 3.63) is 58.7 Å². The molecule has 2 aromatic carbocycles. The molecule has 0 radical (unpaired) electrons. The molecule has 3 rings (SSSR count). The Morgan fingerprint density at radius 2 is 1.21 bits per heavy atom. The van der Waals surface area contributed by atoms with Crippen molar-refractivity contribution in [1.82, 2.24) is 0 Å². The van der Waals surface area contributed by atoms with Crippen molar-refractivity contribution >= 4 is 29.3 Å². The SMILES string of the molecule is Cc1cccc(C)c1N1CC(C)N(c2c(C)cccc2C)C1=N.O=C(O)C(O)C(O)C(=O)O. The van der Waals surface area contributed by atoms with Crippen LogP contribution in [-0.2, 0) is 9.59 Å². The molecule has 178 valence electrons. The molecule has 0 saturated carbocycles. The molecule has 1 fully saturated rings. The summed E-state index contributed by atoms with van der Waals surface area (Å²) in [6.45, 7) is 11.6. The molecule has 1 aliphatic heterocycles. The lowest BCUT2D eigenvalue weighted by atomic mass is 10.1. The number of carboxylic acid groups (broad SMARTS) is 2. The third-order valence-corrected chi connectivity index (χ3v) is 5.57. The molecular weight excluding hydrogens is 426 g/mol. The lowest BCUT2D eigenvalue weighted by Gasteiger charge is -2.28. The first kappa shape index (κ1) is 25.8. The van der Waals surface area contributed by atoms with E-state index in [1.807, 2.05) is 0 Å². The van der Waals surface area contributed by atoms with E-state index in [4.69, 9.17) is 25.8 Å². The molecule has 1 aliphatic rings. The van der Waals surface area contributed by atoms with Gasteiger partial charge in [-0.1, -0.05) is 36.4 Å². The minimum atomic E-state index is -2.27. The minimum Gasteiger partial charge on any atom is -0.479 e. The molecular formula is C24H31N3O6. The van der Waals surface area contributed by atoms with Crippen LogP contribution < -0.4 is 9.80 Å². The summed E-state index contributed by atoms with van der Waals surface area (Å²) in [5.74, 6) is -2.96. The number of nitrogens with one attached hydrogen (secondary N) is 1. The van der Waals surface area contributed by atoms with Crippen LogP contribution in [0.2, 0.25) is 0 Å². The Bertz CT molecular complexity index is 996. The van der Waals surface area contributed by atoms with Gasteiger partial charge in [-0.15, -0.1) is 0 Å². The third-order valence-electron chi connectivity index (χ3n) is 5.57. The van der Waals surface area contributed by atoms with Crippen LogP contribution in [0, 0.1) is 33.1 Å². The van der Waals surface area contributed by atoms with Crippen LogP contribution >= 0.6 is 0 Å². The van der Waals surface area contributed by atoms with E-state index in [2.05, 4.69) is 80.8 Å². The molecule has 5 N–H and O–H groups in total. The van der Waals surface area contributed by atoms with Gasteiger partial charge in [-0.3, -0.25) is 5.41 Å². The van der Waals surface area contributed by atoms with E-state index < -0.39 is 24.1 Å². The van der Waals surface area contributed by atoms with Gasteiger partial charge in [0.25, 0.3) is 0 Å². The Morgan fingerprint density at radius 3 is 1.58 bits per heavy atom. The summed E-state index contributed by atoms with van der Waals surface area (Å²) < 4.78 is 0. The molecule has 9 heteroatoms. The van der Waals surface area contributed by atoms with Crippen LogP contribution in [0.15, 0.2) is 36.4 Å². The lowest BCUT2D eigenvalue weighted by molar-refractivity contribution is -0.165. The zero-order chi connectivity index (χ0) is 25.0. The quantitative estimate of drug-likeness (QED) is 0.460. The van der Waals surface area contributed by atoms with Gasteiger partial charge >= 0.3 is 11.9 Å². The van der Waals surface area contributed by atoms with E-state index in [9.17, 15) is 9.59 Å². The molecule has 33 heavy (non-hydrogen) atoms. The van der Waals surface area contributed by atoms with Gasteiger partial charge in [0.15, 0.2) is 12.2 Å². The summed E-state index contributed by atoms with van der Waals surface area (Å²) in [5, 5.41) is 41.3. The number of benzene rings is 2. The van der Waals surface area contributed by atoms with Gasteiger partial charge in [0.1, 0.15) is 0 Å². The molecule has 0 amide bonds. The third kappa shape index (κ3) is 5.50. The largest absolute Gasteiger partial charge is 0.479 e. The van der Waals surface area contributed by atoms with Crippen LogP contribution in [0.3, 0.4) is 0 Å². The second-order valence-corrected chi connectivity index (χ2v) is 8.20. The molecule has 1 saturated heterocycles. The van der Waals surface area contributed by atoms with Gasteiger partial charge in [-0.05, 0) is 56.9 Å². The number of para-hydroxylation sites is 2. The molecule has 1 heterocycles. The Kier molecular flexibility index (Phi) is 8.18. The Labute approximate surface area is 193 Å². The highest BCUT2D eigenvalue weighted by Gasteiger charge is 2.36. The summed E-state index contributed by atoms with van der Waals surface area (Å²) in [4.78, 5) is 23.9. The summed E-state index contributed by atoms with van der Waals surface area (Å²) in [7, 11) is 0. The number of guanidine groups is 1. The van der Waals surface area contributed by atoms with Crippen LogP contribution in [0.25, 0.3) is 0 Å². The summed E-state index contributed by atoms with van der Waals surface area (Å²) >= 11 is 0. The summed E-state index contributed by atoms with van der Waals surface area (Å²) in [6, 6.07) is 13.0.